The summed E-state index contributed by atoms with van der Waals surface area (Å²) in [5, 5.41) is 15.7. The van der Waals surface area contributed by atoms with Gasteiger partial charge in [0.05, 0.1) is 10.6 Å². The third-order valence-corrected chi connectivity index (χ3v) is 8.68. The van der Waals surface area contributed by atoms with Gasteiger partial charge in [-0.1, -0.05) is 24.3 Å². The first kappa shape index (κ1) is 36.5. The van der Waals surface area contributed by atoms with E-state index < -0.39 is 67.3 Å². The number of sulfonamides is 1. The highest BCUT2D eigenvalue weighted by molar-refractivity contribution is 7.89. The molecule has 1 aromatic heterocycles. The lowest BCUT2D eigenvalue weighted by Crippen LogP contribution is -2.38. The maximum Gasteiger partial charge on any atom is 0.291 e. The Kier molecular flexibility index (Phi) is 13.5. The summed E-state index contributed by atoms with van der Waals surface area (Å²) in [5.74, 6) is -3.47. The van der Waals surface area contributed by atoms with Crippen molar-refractivity contribution < 1.29 is 40.3 Å². The van der Waals surface area contributed by atoms with Crippen molar-refractivity contribution in [2.45, 2.75) is 11.3 Å². The topological polar surface area (TPSA) is 262 Å². The summed E-state index contributed by atoms with van der Waals surface area (Å²) in [6.07, 6.45) is 0.120. The number of fused-ring (bicyclic) bond motifs is 1. The number of hydrogen-bond donors (Lipinski definition) is 7. The zero-order chi connectivity index (χ0) is 33.9. The molecule has 0 fully saturated rings. The van der Waals surface area contributed by atoms with Gasteiger partial charge in [-0.15, -0.1) is 10.2 Å². The summed E-state index contributed by atoms with van der Waals surface area (Å²) in [6.45, 7) is -0.705. The molecule has 3 amide bonds. The van der Waals surface area contributed by atoms with Crippen molar-refractivity contribution in [3.63, 3.8) is 0 Å². The molecule has 21 heteroatoms. The molecule has 250 valence electrons. The molecule has 46 heavy (non-hydrogen) atoms. The fourth-order valence-corrected chi connectivity index (χ4v) is 5.94. The number of hydrogen-bond acceptors (Lipinski definition) is 11. The number of nitrogens with zero attached hydrogens (tertiary/aromatic N) is 4. The van der Waals surface area contributed by atoms with E-state index in [1.165, 1.54) is 6.07 Å². The van der Waals surface area contributed by atoms with Crippen LogP contribution < -0.4 is 30.3 Å². The van der Waals surface area contributed by atoms with E-state index >= 15 is 0 Å². The molecule has 1 heterocycles. The van der Waals surface area contributed by atoms with Gasteiger partial charge in [-0.05, 0) is 18.6 Å². The van der Waals surface area contributed by atoms with Crippen molar-refractivity contribution in [1.29, 1.82) is 0 Å². The fraction of sp³-hybridized carbons (Fsp3) is 0.360. The lowest BCUT2D eigenvalue weighted by Gasteiger charge is -2.17. The van der Waals surface area contributed by atoms with Crippen molar-refractivity contribution in [2.24, 2.45) is 0 Å². The second-order valence-electron chi connectivity index (χ2n) is 9.54. The molecule has 0 aliphatic heterocycles. The van der Waals surface area contributed by atoms with E-state index in [0.717, 1.165) is 11.1 Å². The normalized spacial score (nSPS) is 12.7. The third-order valence-electron chi connectivity index (χ3n) is 6.07. The van der Waals surface area contributed by atoms with Crippen molar-refractivity contribution >= 4 is 66.6 Å². The van der Waals surface area contributed by atoms with Crippen LogP contribution in [-0.2, 0) is 32.4 Å². The smallest absolute Gasteiger partial charge is 0.291 e. The average molecular weight is 700 g/mol. The van der Waals surface area contributed by atoms with E-state index in [2.05, 4.69) is 40.6 Å². The molecule has 0 aliphatic rings. The highest BCUT2D eigenvalue weighted by Gasteiger charge is 2.25. The Bertz CT molecular complexity index is 1740. The summed E-state index contributed by atoms with van der Waals surface area (Å²) >= 11 is -4.38. The Morgan fingerprint density at radius 2 is 1.43 bits per heavy atom. The number of amides is 3. The number of nitrogens with one attached hydrogen (secondary N) is 5. The number of benzene rings is 2. The number of carbonyl (C=O) groups excluding carboxylic acids is 3. The quantitative estimate of drug-likeness (QED) is 0.0632. The summed E-state index contributed by atoms with van der Waals surface area (Å²) < 4.78 is 70.1. The van der Waals surface area contributed by atoms with Gasteiger partial charge in [0.1, 0.15) is 0 Å². The van der Waals surface area contributed by atoms with E-state index in [1.54, 1.807) is 18.2 Å². The molecule has 0 bridgehead atoms. The van der Waals surface area contributed by atoms with E-state index in [4.69, 9.17) is 9.11 Å². The van der Waals surface area contributed by atoms with Crippen LogP contribution in [-0.4, -0.2) is 111 Å². The number of rotatable bonds is 17. The minimum Gasteiger partial charge on any atom is -0.377 e. The lowest BCUT2D eigenvalue weighted by molar-refractivity contribution is 0.0903. The maximum absolute atomic E-state index is 13.2. The van der Waals surface area contributed by atoms with Gasteiger partial charge in [0, 0.05) is 63.3 Å². The van der Waals surface area contributed by atoms with Gasteiger partial charge >= 0.3 is 0 Å². The summed E-state index contributed by atoms with van der Waals surface area (Å²) in [4.78, 5) is 44.0. The molecule has 18 nitrogen and oxygen atoms in total. The number of anilines is 1. The van der Waals surface area contributed by atoms with E-state index in [1.807, 2.05) is 31.1 Å². The Morgan fingerprint density at radius 3 is 2.13 bits per heavy atom. The zero-order valence-corrected chi connectivity index (χ0v) is 27.1. The van der Waals surface area contributed by atoms with Crippen molar-refractivity contribution in [3.8, 4) is 0 Å². The van der Waals surface area contributed by atoms with E-state index in [0.29, 0.717) is 5.39 Å². The molecule has 7 N–H and O–H groups in total. The largest absolute Gasteiger partial charge is 0.377 e. The minimum atomic E-state index is -4.01. The second kappa shape index (κ2) is 17.1. The van der Waals surface area contributed by atoms with Gasteiger partial charge in [0.15, 0.2) is 22.5 Å². The molecule has 2 unspecified atom stereocenters. The molecule has 0 saturated carbocycles. The predicted molar refractivity (Wildman–Crippen MR) is 169 cm³/mol. The van der Waals surface area contributed by atoms with Crippen molar-refractivity contribution in [2.75, 3.05) is 57.5 Å². The summed E-state index contributed by atoms with van der Waals surface area (Å²) in [6, 6.07) is 10.2. The van der Waals surface area contributed by atoms with Gasteiger partial charge in [-0.25, -0.2) is 31.3 Å². The molecule has 0 spiro atoms. The van der Waals surface area contributed by atoms with Gasteiger partial charge in [0.25, 0.3) is 17.7 Å². The Labute approximate surface area is 269 Å². The Balaban J connectivity index is 1.71. The van der Waals surface area contributed by atoms with Crippen LogP contribution in [0.25, 0.3) is 10.8 Å². The van der Waals surface area contributed by atoms with Crippen molar-refractivity contribution in [3.05, 3.63) is 53.6 Å². The summed E-state index contributed by atoms with van der Waals surface area (Å²) in [7, 11) is -0.314. The predicted octanol–water partition coefficient (Wildman–Crippen LogP) is -1.40. The van der Waals surface area contributed by atoms with Crippen molar-refractivity contribution in [1.82, 2.24) is 40.6 Å². The maximum atomic E-state index is 13.2. The molecule has 0 radical (unpaired) electrons. The standard InChI is InChI=1S/C25H33N9O9S3/c1-34(2)18-8-3-7-17-16(18)6-4-9-19(17)46(42,43)30-14-12-27-24(36)21-20(23(35)26-10-5-15-44(38)39)31-22(33-32-21)25(37)28-11-13-29-45(40)41/h3-4,6-9,29-30H,5,10-15H2,1-2H3,(H,26,35)(H,27,36)(H,28,37)(H,38,39)(H,40,41). The molecular formula is C25H33N9O9S3. The van der Waals surface area contributed by atoms with Gasteiger partial charge in [0.2, 0.25) is 27.1 Å². The van der Waals surface area contributed by atoms with E-state index in [-0.39, 0.29) is 49.8 Å². The molecule has 3 aromatic rings. The highest BCUT2D eigenvalue weighted by atomic mass is 32.2. The van der Waals surface area contributed by atoms with Crippen LogP contribution in [0.5, 0.6) is 0 Å². The number of aromatic nitrogens is 3. The molecule has 2 aromatic carbocycles. The average Bonchev–Trinajstić information content (AvgIpc) is 3.01. The van der Waals surface area contributed by atoms with E-state index in [9.17, 15) is 31.2 Å². The summed E-state index contributed by atoms with van der Waals surface area (Å²) in [5.41, 5.74) is -0.310. The van der Waals surface area contributed by atoms with Gasteiger partial charge in [-0.2, -0.15) is 0 Å². The molecule has 3 rings (SSSR count). The second-order valence-corrected chi connectivity index (χ2v) is 13.1. The third kappa shape index (κ3) is 10.3. The van der Waals surface area contributed by atoms with Crippen LogP contribution in [0, 0.1) is 0 Å². The first-order chi connectivity index (χ1) is 21.8. The van der Waals surface area contributed by atoms with Crippen LogP contribution in [0.1, 0.15) is 38.0 Å². The molecular weight excluding hydrogens is 667 g/mol. The molecule has 0 aliphatic carbocycles. The van der Waals surface area contributed by atoms with Crippen LogP contribution in [0.3, 0.4) is 0 Å². The Morgan fingerprint density at radius 1 is 0.804 bits per heavy atom. The van der Waals surface area contributed by atoms with Crippen LogP contribution in [0.2, 0.25) is 0 Å². The van der Waals surface area contributed by atoms with Crippen LogP contribution >= 0.6 is 0 Å². The monoisotopic (exact) mass is 699 g/mol. The van der Waals surface area contributed by atoms with Gasteiger partial charge in [-0.3, -0.25) is 18.9 Å². The highest BCUT2D eigenvalue weighted by Crippen LogP contribution is 2.30. The fourth-order valence-electron chi connectivity index (χ4n) is 4.02. The van der Waals surface area contributed by atoms with Gasteiger partial charge < -0.3 is 25.4 Å². The lowest BCUT2D eigenvalue weighted by atomic mass is 10.1. The zero-order valence-electron chi connectivity index (χ0n) is 24.7. The van der Waals surface area contributed by atoms with Crippen LogP contribution in [0.15, 0.2) is 41.3 Å². The first-order valence-corrected chi connectivity index (χ1v) is 17.4. The molecule has 0 saturated heterocycles. The molecule has 2 atom stereocenters. The first-order valence-electron chi connectivity index (χ1n) is 13.5. The SMILES string of the molecule is CN(C)c1cccc2c(S(=O)(=O)NCCNC(=O)c3nnc(C(=O)NCCNS(=O)O)nc3C(=O)NCCCS(=O)O)cccc12. The minimum absolute atomic E-state index is 0.0494. The number of carbonyl (C=O) groups is 3. The van der Waals surface area contributed by atoms with Crippen LogP contribution in [0.4, 0.5) is 5.69 Å². The Hall–Kier alpha value is -3.99.